The van der Waals surface area contributed by atoms with E-state index in [1.165, 1.54) is 344 Å². The van der Waals surface area contributed by atoms with Gasteiger partial charge in [0.15, 0.2) is 0 Å². The second-order valence-electron chi connectivity index (χ2n) is 28.5. The van der Waals surface area contributed by atoms with Crippen LogP contribution in [0.2, 0.25) is 0 Å². The molecule has 12 heterocycles. The van der Waals surface area contributed by atoms with E-state index in [1.807, 2.05) is 136 Å². The smallest absolute Gasteiger partial charge is 0.0481 e. The molecule has 0 unspecified atom stereocenters. The van der Waals surface area contributed by atoms with Crippen LogP contribution in [0.3, 0.4) is 0 Å². The van der Waals surface area contributed by atoms with Crippen molar-refractivity contribution in [1.82, 2.24) is 0 Å². The van der Waals surface area contributed by atoms with Gasteiger partial charge in [-0.2, -0.15) is 0 Å². The molecule has 12 heteroatoms. The van der Waals surface area contributed by atoms with Gasteiger partial charge in [0.25, 0.3) is 0 Å². The number of unbranched alkanes of at least 4 members (excludes halogenated alkanes) is 27. The van der Waals surface area contributed by atoms with Crippen LogP contribution < -0.4 is 0 Å². The minimum absolute atomic E-state index is 1.14. The average Bonchev–Trinajstić information content (AvgIpc) is 1.64. The van der Waals surface area contributed by atoms with E-state index in [1.54, 1.807) is 5.56 Å². The zero-order chi connectivity index (χ0) is 69.9. The van der Waals surface area contributed by atoms with Gasteiger partial charge in [0.1, 0.15) is 0 Å². The molecule has 0 atom stereocenters. The van der Waals surface area contributed by atoms with Crippen LogP contribution >= 0.6 is 136 Å². The third-order valence-electron chi connectivity index (χ3n) is 20.0. The largest absolute Gasteiger partial charge is 0.139 e. The molecule has 0 aliphatic rings. The van der Waals surface area contributed by atoms with Crippen LogP contribution in [0.1, 0.15) is 257 Å². The number of aryl methyl sites for hydroxylation is 8. The van der Waals surface area contributed by atoms with Gasteiger partial charge in [-0.15, -0.1) is 136 Å². The van der Waals surface area contributed by atoms with E-state index in [0.717, 1.165) is 12.8 Å². The van der Waals surface area contributed by atoms with Crippen LogP contribution in [0, 0.1) is 34.6 Å². The molecule has 12 aromatic heterocycles. The zero-order valence-corrected chi connectivity index (χ0v) is 71.4. The molecule has 0 N–H and O–H groups in total. The Balaban J connectivity index is 0.736. The van der Waals surface area contributed by atoms with E-state index >= 15 is 0 Å². The second-order valence-corrected chi connectivity index (χ2v) is 41.8. The van der Waals surface area contributed by atoms with Crippen molar-refractivity contribution in [3.8, 4) is 107 Å². The summed E-state index contributed by atoms with van der Waals surface area (Å²) >= 11 is 23.9. The van der Waals surface area contributed by atoms with Gasteiger partial charge in [0.2, 0.25) is 0 Å². The first kappa shape index (κ1) is 77.0. The topological polar surface area (TPSA) is 0 Å². The van der Waals surface area contributed by atoms with Crippen LogP contribution in [0.15, 0.2) is 109 Å². The summed E-state index contributed by atoms with van der Waals surface area (Å²) in [5.41, 5.74) is 8.81. The monoisotopic (exact) mass is 1560 g/mol. The van der Waals surface area contributed by atoms with E-state index in [0.29, 0.717) is 0 Å². The Hall–Kier alpha value is -3.60. The highest BCUT2D eigenvalue weighted by Gasteiger charge is 2.23. The first-order chi connectivity index (χ1) is 49.5. The summed E-state index contributed by atoms with van der Waals surface area (Å²) < 4.78 is 0. The standard InChI is InChI=1S/C89H108S12/c1-9-12-15-18-21-24-27-30-33-36-39-65-57-64(8)91-87(65)77-51-45-71(95-77)69-43-49-75(93-69)85-61(5)55-80(98-85)83-59-67(41-38-35-32-29-26-23-20-17-14-11-3)89(101-83)79-53-47-73(97-79)70-44-50-76(94-70)86-62(6)56-81(99-86)82-58-66(40-37-34-31-28-25-22-19-16-13-10-2)88(100-82)78-52-46-72(96-78)68-42-48-74(92-68)84-60(4)54-63(7)90-84/h42-59H,9-41H2,1-8H3. The highest BCUT2D eigenvalue weighted by molar-refractivity contribution is 7.33. The molecule has 101 heavy (non-hydrogen) atoms. The predicted molar refractivity (Wildman–Crippen MR) is 471 cm³/mol. The molecular weight excluding hydrogens is 1450 g/mol. The van der Waals surface area contributed by atoms with Crippen LogP contribution in [-0.2, 0) is 19.3 Å². The summed E-state index contributed by atoms with van der Waals surface area (Å²) in [6.07, 6.45) is 44.6. The van der Waals surface area contributed by atoms with Crippen molar-refractivity contribution in [3.63, 3.8) is 0 Å². The molecule has 0 aliphatic carbocycles. The Morgan fingerprint density at radius 2 is 0.386 bits per heavy atom. The minimum atomic E-state index is 1.14. The molecule has 0 bridgehead atoms. The molecule has 0 radical (unpaired) electrons. The van der Waals surface area contributed by atoms with Gasteiger partial charge in [-0.3, -0.25) is 0 Å². The van der Waals surface area contributed by atoms with Crippen molar-refractivity contribution >= 4 is 136 Å². The Labute approximate surface area is 656 Å². The lowest BCUT2D eigenvalue weighted by Gasteiger charge is -2.04. The maximum Gasteiger partial charge on any atom is 0.0481 e. The highest BCUT2D eigenvalue weighted by Crippen LogP contribution is 2.53. The van der Waals surface area contributed by atoms with Crippen molar-refractivity contribution in [3.05, 3.63) is 152 Å². The maximum atomic E-state index is 2.59. The molecule has 0 aliphatic heterocycles. The van der Waals surface area contributed by atoms with E-state index in [4.69, 9.17) is 0 Å². The summed E-state index contributed by atoms with van der Waals surface area (Å²) in [5.74, 6) is 0. The molecule has 0 spiro atoms. The molecule has 0 saturated carbocycles. The van der Waals surface area contributed by atoms with Crippen LogP contribution in [-0.4, -0.2) is 0 Å². The average molecular weight is 1560 g/mol. The lowest BCUT2D eigenvalue weighted by molar-refractivity contribution is 0.556. The lowest BCUT2D eigenvalue weighted by atomic mass is 10.0. The first-order valence-corrected chi connectivity index (χ1v) is 48.6. The number of hydrogen-bond donors (Lipinski definition) is 0. The SMILES string of the molecule is CCCCCCCCCCCCc1cc(C)sc1-c1ccc(-c2ccc(-c3sc(-c4cc(CCCCCCCCCCCC)c(-c5ccc(-c6ccc(-c7sc(-c8cc(CCCCCCCCCCCC)c(-c9ccc(-c%10ccc(-c%11sc(C)cc%11C)s%10)s9)s8)cc7C)s6)s5)s4)cc3C)s2)s1. The third-order valence-corrected chi connectivity index (χ3v) is 35.7. The molecule has 0 aromatic carbocycles. The van der Waals surface area contributed by atoms with Crippen LogP contribution in [0.25, 0.3) is 107 Å². The zero-order valence-electron chi connectivity index (χ0n) is 61.6. The van der Waals surface area contributed by atoms with Crippen molar-refractivity contribution in [1.29, 1.82) is 0 Å². The fourth-order valence-electron chi connectivity index (χ4n) is 14.4. The quantitative estimate of drug-likeness (QED) is 0.0334. The fourth-order valence-corrected chi connectivity index (χ4v) is 28.7. The Morgan fingerprint density at radius 1 is 0.178 bits per heavy atom. The van der Waals surface area contributed by atoms with Crippen molar-refractivity contribution in [2.24, 2.45) is 0 Å². The van der Waals surface area contributed by atoms with E-state index in [2.05, 4.69) is 165 Å². The minimum Gasteiger partial charge on any atom is -0.139 e. The number of thiophene rings is 12. The van der Waals surface area contributed by atoms with E-state index < -0.39 is 0 Å². The fraction of sp³-hybridized carbons (Fsp3) is 0.461. The number of hydrogen-bond acceptors (Lipinski definition) is 12. The molecule has 0 amide bonds. The summed E-state index contributed by atoms with van der Waals surface area (Å²) in [6, 6.07) is 43.8. The second kappa shape index (κ2) is 39.3. The molecule has 12 rings (SSSR count). The third kappa shape index (κ3) is 21.0. The number of rotatable bonds is 44. The Morgan fingerprint density at radius 3 is 0.683 bits per heavy atom. The van der Waals surface area contributed by atoms with Gasteiger partial charge in [-0.1, -0.05) is 194 Å². The lowest BCUT2D eigenvalue weighted by Crippen LogP contribution is -1.86. The molecule has 536 valence electrons. The van der Waals surface area contributed by atoms with Crippen molar-refractivity contribution < 1.29 is 0 Å². The molecule has 0 saturated heterocycles. The van der Waals surface area contributed by atoms with Gasteiger partial charge < -0.3 is 0 Å². The predicted octanol–water partition coefficient (Wildman–Crippen LogP) is 35.7. The van der Waals surface area contributed by atoms with E-state index in [-0.39, 0.29) is 0 Å². The van der Waals surface area contributed by atoms with Crippen LogP contribution in [0.4, 0.5) is 0 Å². The summed E-state index contributed by atoms with van der Waals surface area (Å²) in [4.78, 5) is 34.0. The normalized spacial score (nSPS) is 11.9. The maximum absolute atomic E-state index is 2.59. The molecule has 0 fully saturated rings. The van der Waals surface area contributed by atoms with Gasteiger partial charge in [0, 0.05) is 117 Å². The molecular formula is C89H108S12. The summed E-state index contributed by atoms with van der Waals surface area (Å²) in [7, 11) is 0. The summed E-state index contributed by atoms with van der Waals surface area (Å²) in [5, 5.41) is 0. The van der Waals surface area contributed by atoms with Gasteiger partial charge in [-0.05, 0) is 216 Å². The van der Waals surface area contributed by atoms with Gasteiger partial charge in [0.05, 0.1) is 0 Å². The van der Waals surface area contributed by atoms with Gasteiger partial charge >= 0.3 is 0 Å². The molecule has 12 aromatic rings. The van der Waals surface area contributed by atoms with Crippen LogP contribution in [0.5, 0.6) is 0 Å². The first-order valence-electron chi connectivity index (χ1n) is 38.8. The van der Waals surface area contributed by atoms with Crippen molar-refractivity contribution in [2.75, 3.05) is 0 Å². The highest BCUT2D eigenvalue weighted by atomic mass is 32.1. The summed E-state index contributed by atoms with van der Waals surface area (Å²) in [6.45, 7) is 18.4. The van der Waals surface area contributed by atoms with Crippen molar-refractivity contribution in [2.45, 2.75) is 267 Å². The van der Waals surface area contributed by atoms with Gasteiger partial charge in [-0.25, -0.2) is 0 Å². The van der Waals surface area contributed by atoms with E-state index in [9.17, 15) is 0 Å². The Bertz CT molecular complexity index is 4440. The Kier molecular flexibility index (Phi) is 30.0. The molecule has 0 nitrogen and oxygen atoms in total.